The second-order valence-electron chi connectivity index (χ2n) is 5.06. The van der Waals surface area contributed by atoms with Crippen LogP contribution in [0.3, 0.4) is 0 Å². The molecule has 0 spiro atoms. The number of aliphatic hydroxyl groups is 1. The molecule has 0 radical (unpaired) electrons. The van der Waals surface area contributed by atoms with Gasteiger partial charge in [0.05, 0.1) is 6.10 Å². The van der Waals surface area contributed by atoms with E-state index in [2.05, 4.69) is 4.90 Å². The lowest BCUT2D eigenvalue weighted by molar-refractivity contribution is -0.121. The highest BCUT2D eigenvalue weighted by molar-refractivity contribution is 5.79. The molecule has 0 bridgehead atoms. The molecule has 3 heteroatoms. The van der Waals surface area contributed by atoms with Gasteiger partial charge in [0.2, 0.25) is 0 Å². The number of hydrogen-bond acceptors (Lipinski definition) is 3. The summed E-state index contributed by atoms with van der Waals surface area (Å²) in [5, 5.41) is 9.55. The number of rotatable bonds is 2. The van der Waals surface area contributed by atoms with Crippen LogP contribution in [0.5, 0.6) is 0 Å². The molecule has 0 aromatic carbocycles. The van der Waals surface area contributed by atoms with Gasteiger partial charge in [-0.15, -0.1) is 0 Å². The van der Waals surface area contributed by atoms with E-state index in [-0.39, 0.29) is 6.10 Å². The first-order chi connectivity index (χ1) is 7.24. The van der Waals surface area contributed by atoms with Crippen LogP contribution >= 0.6 is 0 Å². The second-order valence-corrected chi connectivity index (χ2v) is 5.06. The zero-order chi connectivity index (χ0) is 10.7. The van der Waals surface area contributed by atoms with Crippen LogP contribution in [-0.4, -0.2) is 41.5 Å². The van der Waals surface area contributed by atoms with Gasteiger partial charge in [-0.1, -0.05) is 0 Å². The zero-order valence-corrected chi connectivity index (χ0v) is 9.32. The van der Waals surface area contributed by atoms with Gasteiger partial charge < -0.3 is 10.0 Å². The summed E-state index contributed by atoms with van der Waals surface area (Å²) in [6, 6.07) is 0. The van der Waals surface area contributed by atoms with Crippen LogP contribution in [0.15, 0.2) is 0 Å². The Hall–Kier alpha value is -0.410. The number of piperidine rings is 1. The number of carbonyl (C=O) groups is 1. The van der Waals surface area contributed by atoms with Gasteiger partial charge in [-0.25, -0.2) is 0 Å². The monoisotopic (exact) mass is 211 g/mol. The first-order valence-electron chi connectivity index (χ1n) is 6.16. The summed E-state index contributed by atoms with van der Waals surface area (Å²) in [7, 11) is 0. The Balaban J connectivity index is 1.77. The molecule has 2 aliphatic rings. The summed E-state index contributed by atoms with van der Waals surface area (Å²) >= 11 is 0. The number of β-amino-alcohol motifs (C(OH)–C–C–N with tert-alkyl or cyclic N) is 1. The standard InChI is InChI=1S/C12H21NO2/c14-11-4-1-3-10(7-11)8-13-6-2-5-12(15)9-13/h10,12,15H,1-9H2. The maximum absolute atomic E-state index is 11.3. The third kappa shape index (κ3) is 3.28. The van der Waals surface area contributed by atoms with Crippen LogP contribution in [0, 0.1) is 5.92 Å². The maximum atomic E-state index is 11.3. The molecule has 15 heavy (non-hydrogen) atoms. The fourth-order valence-electron chi connectivity index (χ4n) is 2.83. The third-order valence-electron chi connectivity index (χ3n) is 3.58. The molecule has 1 N–H and O–H groups in total. The van der Waals surface area contributed by atoms with Crippen LogP contribution in [-0.2, 0) is 4.79 Å². The van der Waals surface area contributed by atoms with Gasteiger partial charge in [0.25, 0.3) is 0 Å². The van der Waals surface area contributed by atoms with E-state index < -0.39 is 0 Å². The Bertz CT molecular complexity index is 230. The third-order valence-corrected chi connectivity index (χ3v) is 3.58. The summed E-state index contributed by atoms with van der Waals surface area (Å²) in [4.78, 5) is 13.6. The SMILES string of the molecule is O=C1CCCC(CN2CCCC(O)C2)C1. The van der Waals surface area contributed by atoms with Crippen molar-refractivity contribution in [3.8, 4) is 0 Å². The Morgan fingerprint density at radius 2 is 2.20 bits per heavy atom. The van der Waals surface area contributed by atoms with E-state index in [9.17, 15) is 9.90 Å². The normalized spacial score (nSPS) is 34.3. The first-order valence-corrected chi connectivity index (χ1v) is 6.16. The van der Waals surface area contributed by atoms with Crippen molar-refractivity contribution >= 4 is 5.78 Å². The molecule has 1 heterocycles. The smallest absolute Gasteiger partial charge is 0.133 e. The minimum absolute atomic E-state index is 0.141. The van der Waals surface area contributed by atoms with Crippen molar-refractivity contribution in [2.24, 2.45) is 5.92 Å². The molecule has 1 aliphatic carbocycles. The summed E-state index contributed by atoms with van der Waals surface area (Å²) in [5.74, 6) is 0.986. The van der Waals surface area contributed by atoms with Crippen molar-refractivity contribution in [2.45, 2.75) is 44.6 Å². The first kappa shape index (κ1) is 11.1. The zero-order valence-electron chi connectivity index (χ0n) is 9.32. The quantitative estimate of drug-likeness (QED) is 0.746. The molecule has 0 aromatic rings. The lowest BCUT2D eigenvalue weighted by Gasteiger charge is -2.33. The average molecular weight is 211 g/mol. The number of ketones is 1. The predicted octanol–water partition coefficient (Wildman–Crippen LogP) is 1.20. The Labute approximate surface area is 91.5 Å². The van der Waals surface area contributed by atoms with E-state index >= 15 is 0 Å². The number of nitrogens with zero attached hydrogens (tertiary/aromatic N) is 1. The van der Waals surface area contributed by atoms with Crippen LogP contribution in [0.1, 0.15) is 38.5 Å². The van der Waals surface area contributed by atoms with E-state index in [1.165, 1.54) is 6.42 Å². The summed E-state index contributed by atoms with van der Waals surface area (Å²) < 4.78 is 0. The largest absolute Gasteiger partial charge is 0.392 e. The van der Waals surface area contributed by atoms with Gasteiger partial charge in [-0.05, 0) is 38.1 Å². The molecule has 2 atom stereocenters. The maximum Gasteiger partial charge on any atom is 0.133 e. The van der Waals surface area contributed by atoms with Gasteiger partial charge in [0.1, 0.15) is 5.78 Å². The molecule has 1 saturated carbocycles. The van der Waals surface area contributed by atoms with Crippen molar-refractivity contribution in [1.29, 1.82) is 0 Å². The average Bonchev–Trinajstić information content (AvgIpc) is 2.17. The van der Waals surface area contributed by atoms with Gasteiger partial charge >= 0.3 is 0 Å². The predicted molar refractivity (Wildman–Crippen MR) is 58.6 cm³/mol. The molecule has 0 aromatic heterocycles. The molecule has 2 fully saturated rings. The van der Waals surface area contributed by atoms with Gasteiger partial charge in [-0.3, -0.25) is 4.79 Å². The van der Waals surface area contributed by atoms with E-state index in [0.29, 0.717) is 11.7 Å². The Morgan fingerprint density at radius 1 is 1.33 bits per heavy atom. The highest BCUT2D eigenvalue weighted by Gasteiger charge is 2.24. The van der Waals surface area contributed by atoms with E-state index in [0.717, 1.165) is 51.7 Å². The summed E-state index contributed by atoms with van der Waals surface area (Å²) in [6.45, 7) is 2.93. The topological polar surface area (TPSA) is 40.5 Å². The summed E-state index contributed by atoms with van der Waals surface area (Å²) in [6.07, 6.45) is 5.73. The van der Waals surface area contributed by atoms with Crippen molar-refractivity contribution < 1.29 is 9.90 Å². The number of hydrogen-bond donors (Lipinski definition) is 1. The molecule has 2 rings (SSSR count). The van der Waals surface area contributed by atoms with Crippen LogP contribution in [0.4, 0.5) is 0 Å². The van der Waals surface area contributed by atoms with Crippen molar-refractivity contribution in [1.82, 2.24) is 4.90 Å². The lowest BCUT2D eigenvalue weighted by atomic mass is 9.87. The highest BCUT2D eigenvalue weighted by atomic mass is 16.3. The molecule has 1 aliphatic heterocycles. The van der Waals surface area contributed by atoms with Crippen molar-refractivity contribution in [3.05, 3.63) is 0 Å². The second kappa shape index (κ2) is 5.08. The number of Topliss-reactive ketones (excluding diaryl/α,β-unsaturated/α-hetero) is 1. The molecule has 1 saturated heterocycles. The minimum atomic E-state index is -0.141. The Morgan fingerprint density at radius 3 is 2.93 bits per heavy atom. The number of likely N-dealkylation sites (tertiary alicyclic amines) is 1. The summed E-state index contributed by atoms with van der Waals surface area (Å²) in [5.41, 5.74) is 0. The fourth-order valence-corrected chi connectivity index (χ4v) is 2.83. The van der Waals surface area contributed by atoms with E-state index in [4.69, 9.17) is 0 Å². The molecule has 2 unspecified atom stereocenters. The van der Waals surface area contributed by atoms with Crippen molar-refractivity contribution in [2.75, 3.05) is 19.6 Å². The molecular formula is C12H21NO2. The highest BCUT2D eigenvalue weighted by Crippen LogP contribution is 2.23. The lowest BCUT2D eigenvalue weighted by Crippen LogP contribution is -2.41. The molecule has 86 valence electrons. The van der Waals surface area contributed by atoms with Gasteiger partial charge in [0.15, 0.2) is 0 Å². The van der Waals surface area contributed by atoms with Crippen molar-refractivity contribution in [3.63, 3.8) is 0 Å². The van der Waals surface area contributed by atoms with Crippen LogP contribution in [0.25, 0.3) is 0 Å². The minimum Gasteiger partial charge on any atom is -0.392 e. The molecule has 3 nitrogen and oxygen atoms in total. The number of carbonyl (C=O) groups excluding carboxylic acids is 1. The van der Waals surface area contributed by atoms with Crippen LogP contribution in [0.2, 0.25) is 0 Å². The molecule has 0 amide bonds. The van der Waals surface area contributed by atoms with E-state index in [1.807, 2.05) is 0 Å². The van der Waals surface area contributed by atoms with Crippen LogP contribution < -0.4 is 0 Å². The van der Waals surface area contributed by atoms with Gasteiger partial charge in [-0.2, -0.15) is 0 Å². The van der Waals surface area contributed by atoms with Gasteiger partial charge in [0, 0.05) is 25.9 Å². The Kier molecular flexibility index (Phi) is 3.76. The fraction of sp³-hybridized carbons (Fsp3) is 0.917. The number of aliphatic hydroxyl groups excluding tert-OH is 1. The van der Waals surface area contributed by atoms with E-state index in [1.54, 1.807) is 0 Å². The molecular weight excluding hydrogens is 190 g/mol.